The van der Waals surface area contributed by atoms with Gasteiger partial charge in [0.1, 0.15) is 6.20 Å². The molecule has 0 aliphatic rings. The Morgan fingerprint density at radius 2 is 1.35 bits per heavy atom. The average molecular weight is 284 g/mol. The average Bonchev–Trinajstić information content (AvgIpc) is 2.39. The molecule has 0 saturated heterocycles. The van der Waals surface area contributed by atoms with E-state index in [2.05, 4.69) is 6.92 Å². The number of nitrogens with zero attached hydrogens (tertiary/aromatic N) is 1. The quantitative estimate of drug-likeness (QED) is 0.305. The van der Waals surface area contributed by atoms with Crippen LogP contribution in [0.3, 0.4) is 0 Å². The topological polar surface area (TPSA) is 37.3 Å². The van der Waals surface area contributed by atoms with Crippen LogP contribution in [0.25, 0.3) is 0 Å². The van der Waals surface area contributed by atoms with Crippen molar-refractivity contribution in [3.63, 3.8) is 0 Å². The fraction of sp³-hybridized carbons (Fsp3) is 0.824. The maximum Gasteiger partial charge on any atom is 0.333 e. The van der Waals surface area contributed by atoms with Crippen LogP contribution in [0.15, 0.2) is 12.3 Å². The minimum absolute atomic E-state index is 0.656. The van der Waals surface area contributed by atoms with Crippen LogP contribution < -0.4 is 0 Å². The lowest BCUT2D eigenvalue weighted by Crippen LogP contribution is -2.34. The highest BCUT2D eigenvalue weighted by molar-refractivity contribution is 5.79. The minimum atomic E-state index is -0.862. The largest absolute Gasteiger partial charge is 0.478 e. The molecule has 0 aliphatic heterocycles. The molecule has 0 atom stereocenters. The van der Waals surface area contributed by atoms with Crippen molar-refractivity contribution in [2.45, 2.75) is 71.1 Å². The van der Waals surface area contributed by atoms with Gasteiger partial charge in [-0.05, 0) is 12.8 Å². The van der Waals surface area contributed by atoms with Crippen molar-refractivity contribution >= 4 is 5.97 Å². The molecule has 0 spiro atoms. The monoisotopic (exact) mass is 284 g/mol. The lowest BCUT2D eigenvalue weighted by molar-refractivity contribution is -0.839. The summed E-state index contributed by atoms with van der Waals surface area (Å²) in [6, 6.07) is 0. The molecule has 3 heteroatoms. The lowest BCUT2D eigenvalue weighted by Gasteiger charge is -2.24. The van der Waals surface area contributed by atoms with Gasteiger partial charge < -0.3 is 9.59 Å². The molecule has 0 aromatic rings. The van der Waals surface area contributed by atoms with Gasteiger partial charge in [-0.25, -0.2) is 4.79 Å². The van der Waals surface area contributed by atoms with Gasteiger partial charge in [-0.2, -0.15) is 0 Å². The molecule has 20 heavy (non-hydrogen) atoms. The van der Waals surface area contributed by atoms with E-state index >= 15 is 0 Å². The molecule has 0 unspecified atom stereocenters. The number of hydrogen-bond donors (Lipinski definition) is 1. The zero-order chi connectivity index (χ0) is 15.3. The second-order valence-electron chi connectivity index (χ2n) is 6.34. The van der Waals surface area contributed by atoms with Gasteiger partial charge in [0.05, 0.1) is 26.7 Å². The Hall–Kier alpha value is -0.830. The number of hydrogen-bond acceptors (Lipinski definition) is 1. The molecule has 0 aromatic heterocycles. The molecular weight excluding hydrogens is 250 g/mol. The summed E-state index contributed by atoms with van der Waals surface area (Å²) in [7, 11) is 4.10. The summed E-state index contributed by atoms with van der Waals surface area (Å²) in [4.78, 5) is 10.5. The standard InChI is InChI=1S/C17H33NO2/c1-4-5-6-7-8-9-10-11-12-13-15-18(2,3)16-14-17(19)20/h14,16H,4-13,15H2,1-3H3/p+1. The molecule has 0 saturated carbocycles. The van der Waals surface area contributed by atoms with Gasteiger partial charge in [-0.1, -0.05) is 58.3 Å². The van der Waals surface area contributed by atoms with Crippen molar-refractivity contribution < 1.29 is 14.4 Å². The molecule has 0 heterocycles. The van der Waals surface area contributed by atoms with E-state index in [1.807, 2.05) is 14.1 Å². The summed E-state index contributed by atoms with van der Waals surface area (Å²) in [5.41, 5.74) is 0. The van der Waals surface area contributed by atoms with E-state index in [9.17, 15) is 4.79 Å². The van der Waals surface area contributed by atoms with Gasteiger partial charge in [0.15, 0.2) is 0 Å². The van der Waals surface area contributed by atoms with Crippen LogP contribution >= 0.6 is 0 Å². The Morgan fingerprint density at radius 3 is 1.80 bits per heavy atom. The van der Waals surface area contributed by atoms with Crippen LogP contribution in [-0.4, -0.2) is 36.2 Å². The summed E-state index contributed by atoms with van der Waals surface area (Å²) in [6.07, 6.45) is 16.4. The number of rotatable bonds is 13. The highest BCUT2D eigenvalue weighted by Gasteiger charge is 2.10. The van der Waals surface area contributed by atoms with Crippen molar-refractivity contribution in [3.8, 4) is 0 Å². The second-order valence-corrected chi connectivity index (χ2v) is 6.34. The smallest absolute Gasteiger partial charge is 0.333 e. The third-order valence-electron chi connectivity index (χ3n) is 3.71. The van der Waals surface area contributed by atoms with Crippen molar-refractivity contribution in [2.24, 2.45) is 0 Å². The Morgan fingerprint density at radius 1 is 0.900 bits per heavy atom. The summed E-state index contributed by atoms with van der Waals surface area (Å²) in [6.45, 7) is 3.27. The SMILES string of the molecule is CCCCCCCCCCCC[N+](C)(C)C=CC(=O)O. The van der Waals surface area contributed by atoms with Crippen LogP contribution in [0, 0.1) is 0 Å². The van der Waals surface area contributed by atoms with Gasteiger partial charge in [-0.15, -0.1) is 0 Å². The first kappa shape index (κ1) is 19.2. The normalized spacial score (nSPS) is 12.2. The fourth-order valence-electron chi connectivity index (χ4n) is 2.35. The number of carboxylic acids is 1. The van der Waals surface area contributed by atoms with Crippen LogP contribution in [0.5, 0.6) is 0 Å². The summed E-state index contributed by atoms with van der Waals surface area (Å²) in [5, 5.41) is 8.63. The Labute approximate surface area is 125 Å². The summed E-state index contributed by atoms with van der Waals surface area (Å²) in [5.74, 6) is -0.862. The maximum absolute atomic E-state index is 10.5. The molecule has 3 nitrogen and oxygen atoms in total. The highest BCUT2D eigenvalue weighted by atomic mass is 16.4. The Balaban J connectivity index is 3.41. The van der Waals surface area contributed by atoms with Gasteiger partial charge >= 0.3 is 5.97 Å². The second kappa shape index (κ2) is 12.0. The number of aliphatic carboxylic acids is 1. The first-order valence-corrected chi connectivity index (χ1v) is 8.23. The van der Waals surface area contributed by atoms with Crippen LogP contribution in [0.2, 0.25) is 0 Å². The van der Waals surface area contributed by atoms with Gasteiger partial charge in [0.25, 0.3) is 0 Å². The summed E-state index contributed by atoms with van der Waals surface area (Å²) < 4.78 is 0.656. The predicted octanol–water partition coefficient (Wildman–Crippen LogP) is 4.58. The van der Waals surface area contributed by atoms with Crippen molar-refractivity contribution in [1.29, 1.82) is 0 Å². The molecular formula is C17H34NO2+. The predicted molar refractivity (Wildman–Crippen MR) is 85.6 cm³/mol. The molecule has 0 aromatic carbocycles. The van der Waals surface area contributed by atoms with Gasteiger partial charge in [0.2, 0.25) is 0 Å². The van der Waals surface area contributed by atoms with Crippen molar-refractivity contribution in [1.82, 2.24) is 0 Å². The van der Waals surface area contributed by atoms with Gasteiger partial charge in [0, 0.05) is 0 Å². The third-order valence-corrected chi connectivity index (χ3v) is 3.71. The Bertz CT molecular complexity index is 272. The van der Waals surface area contributed by atoms with E-state index in [1.165, 1.54) is 70.3 Å². The van der Waals surface area contributed by atoms with E-state index in [4.69, 9.17) is 5.11 Å². The van der Waals surface area contributed by atoms with Crippen LogP contribution in [-0.2, 0) is 4.79 Å². The van der Waals surface area contributed by atoms with Crippen molar-refractivity contribution in [2.75, 3.05) is 20.6 Å². The molecule has 1 N–H and O–H groups in total. The molecule has 0 rings (SSSR count). The first-order valence-electron chi connectivity index (χ1n) is 8.23. The van der Waals surface area contributed by atoms with Gasteiger partial charge in [-0.3, -0.25) is 0 Å². The van der Waals surface area contributed by atoms with E-state index in [0.29, 0.717) is 4.48 Å². The first-order chi connectivity index (χ1) is 9.48. The van der Waals surface area contributed by atoms with Crippen LogP contribution in [0.1, 0.15) is 71.1 Å². The lowest BCUT2D eigenvalue weighted by atomic mass is 10.1. The van der Waals surface area contributed by atoms with E-state index < -0.39 is 5.97 Å². The zero-order valence-electron chi connectivity index (χ0n) is 13.7. The number of quaternary nitrogens is 1. The molecule has 0 bridgehead atoms. The number of carboxylic acid groups (broad SMARTS) is 1. The molecule has 118 valence electrons. The summed E-state index contributed by atoms with van der Waals surface area (Å²) >= 11 is 0. The maximum atomic E-state index is 10.5. The highest BCUT2D eigenvalue weighted by Crippen LogP contribution is 2.11. The molecule has 0 radical (unpaired) electrons. The van der Waals surface area contributed by atoms with E-state index in [-0.39, 0.29) is 0 Å². The fourth-order valence-corrected chi connectivity index (χ4v) is 2.35. The van der Waals surface area contributed by atoms with E-state index in [1.54, 1.807) is 6.20 Å². The van der Waals surface area contributed by atoms with E-state index in [0.717, 1.165) is 6.54 Å². The molecule has 0 amide bonds. The Kier molecular flexibility index (Phi) is 11.5. The van der Waals surface area contributed by atoms with Crippen molar-refractivity contribution in [3.05, 3.63) is 12.3 Å². The minimum Gasteiger partial charge on any atom is -0.478 e. The molecule has 0 aliphatic carbocycles. The van der Waals surface area contributed by atoms with Crippen LogP contribution in [0.4, 0.5) is 0 Å². The number of unbranched alkanes of at least 4 members (excludes halogenated alkanes) is 9. The molecule has 0 fully saturated rings. The third kappa shape index (κ3) is 13.6. The number of carbonyl (C=O) groups is 1. The zero-order valence-corrected chi connectivity index (χ0v) is 13.7.